The summed E-state index contributed by atoms with van der Waals surface area (Å²) in [7, 11) is 0. The lowest BCUT2D eigenvalue weighted by Gasteiger charge is -2.56. The van der Waals surface area contributed by atoms with Crippen LogP contribution in [0.5, 0.6) is 0 Å². The molecule has 0 aromatic heterocycles. The van der Waals surface area contributed by atoms with Gasteiger partial charge in [0.15, 0.2) is 0 Å². The predicted molar refractivity (Wildman–Crippen MR) is 78.6 cm³/mol. The summed E-state index contributed by atoms with van der Waals surface area (Å²) >= 11 is 0. The van der Waals surface area contributed by atoms with Gasteiger partial charge in [0.05, 0.1) is 0 Å². The van der Waals surface area contributed by atoms with E-state index in [1.165, 1.54) is 32.2 Å². The van der Waals surface area contributed by atoms with E-state index in [1.54, 1.807) is 0 Å². The monoisotopic (exact) mass is 252 g/mol. The summed E-state index contributed by atoms with van der Waals surface area (Å²) in [5.41, 5.74) is 7.65. The number of rotatable bonds is 1. The van der Waals surface area contributed by atoms with Gasteiger partial charge in [0, 0.05) is 24.2 Å². The molecule has 1 unspecified atom stereocenters. The van der Waals surface area contributed by atoms with E-state index in [0.717, 1.165) is 0 Å². The van der Waals surface area contributed by atoms with Crippen LogP contribution in [0.2, 0.25) is 0 Å². The topological polar surface area (TPSA) is 29.3 Å². The van der Waals surface area contributed by atoms with E-state index < -0.39 is 0 Å². The summed E-state index contributed by atoms with van der Waals surface area (Å²) in [6.45, 7) is 15.6. The summed E-state index contributed by atoms with van der Waals surface area (Å²) in [5.74, 6) is 0. The SMILES string of the molecule is CC(C)N1CCC(N)C12CC(C)(C)CC(C)(C)C2. The molecule has 2 aliphatic rings. The number of likely N-dealkylation sites (tertiary alicyclic amines) is 1. The zero-order chi connectivity index (χ0) is 13.8. The van der Waals surface area contributed by atoms with E-state index in [2.05, 4.69) is 46.4 Å². The Balaban J connectivity index is 2.38. The van der Waals surface area contributed by atoms with Crippen molar-refractivity contribution >= 4 is 0 Å². The summed E-state index contributed by atoms with van der Waals surface area (Å²) in [6.07, 6.45) is 5.02. The number of hydrogen-bond acceptors (Lipinski definition) is 2. The standard InChI is InChI=1S/C16H32N2/c1-12(2)18-8-7-13(17)16(18)10-14(3,4)9-15(5,6)11-16/h12-13H,7-11,17H2,1-6H3. The lowest BCUT2D eigenvalue weighted by molar-refractivity contribution is -0.0456. The van der Waals surface area contributed by atoms with Gasteiger partial charge in [-0.05, 0) is 50.4 Å². The number of nitrogens with zero attached hydrogens (tertiary/aromatic N) is 1. The highest BCUT2D eigenvalue weighted by Gasteiger charge is 2.56. The van der Waals surface area contributed by atoms with Gasteiger partial charge in [-0.15, -0.1) is 0 Å². The van der Waals surface area contributed by atoms with E-state index in [4.69, 9.17) is 5.73 Å². The van der Waals surface area contributed by atoms with Gasteiger partial charge in [-0.3, -0.25) is 4.90 Å². The summed E-state index contributed by atoms with van der Waals surface area (Å²) in [4.78, 5) is 2.71. The fraction of sp³-hybridized carbons (Fsp3) is 1.00. The third-order valence-electron chi connectivity index (χ3n) is 5.09. The molecule has 0 aromatic carbocycles. The molecule has 18 heavy (non-hydrogen) atoms. The molecule has 1 aliphatic heterocycles. The van der Waals surface area contributed by atoms with Crippen molar-refractivity contribution < 1.29 is 0 Å². The Bertz CT molecular complexity index is 301. The van der Waals surface area contributed by atoms with Gasteiger partial charge in [-0.2, -0.15) is 0 Å². The molecular weight excluding hydrogens is 220 g/mol. The second kappa shape index (κ2) is 4.21. The van der Waals surface area contributed by atoms with Gasteiger partial charge in [-0.1, -0.05) is 27.7 Å². The first-order valence-electron chi connectivity index (χ1n) is 7.60. The van der Waals surface area contributed by atoms with E-state index in [0.29, 0.717) is 22.9 Å². The van der Waals surface area contributed by atoms with Crippen LogP contribution >= 0.6 is 0 Å². The Morgan fingerprint density at radius 2 is 1.50 bits per heavy atom. The quantitative estimate of drug-likeness (QED) is 0.775. The second-order valence-corrected chi connectivity index (χ2v) is 8.64. The van der Waals surface area contributed by atoms with E-state index in [1.807, 2.05) is 0 Å². The Morgan fingerprint density at radius 1 is 1.00 bits per heavy atom. The zero-order valence-corrected chi connectivity index (χ0v) is 13.2. The molecule has 2 heteroatoms. The first kappa shape index (κ1) is 14.3. The fourth-order valence-corrected chi connectivity index (χ4v) is 5.36. The maximum Gasteiger partial charge on any atom is 0.0373 e. The Kier molecular flexibility index (Phi) is 3.35. The molecule has 0 aromatic rings. The van der Waals surface area contributed by atoms with Crippen LogP contribution in [-0.4, -0.2) is 29.1 Å². The second-order valence-electron chi connectivity index (χ2n) is 8.64. The van der Waals surface area contributed by atoms with Crippen LogP contribution in [0.25, 0.3) is 0 Å². The van der Waals surface area contributed by atoms with Crippen LogP contribution in [0.3, 0.4) is 0 Å². The summed E-state index contributed by atoms with van der Waals surface area (Å²) in [5, 5.41) is 0. The van der Waals surface area contributed by atoms with Crippen molar-refractivity contribution in [2.24, 2.45) is 16.6 Å². The largest absolute Gasteiger partial charge is 0.326 e. The van der Waals surface area contributed by atoms with Crippen LogP contribution in [0.4, 0.5) is 0 Å². The van der Waals surface area contributed by atoms with Crippen molar-refractivity contribution in [2.75, 3.05) is 6.54 Å². The molecule has 2 N–H and O–H groups in total. The van der Waals surface area contributed by atoms with Gasteiger partial charge >= 0.3 is 0 Å². The fourth-order valence-electron chi connectivity index (χ4n) is 5.36. The Labute approximate surface area is 113 Å². The van der Waals surface area contributed by atoms with Crippen molar-refractivity contribution in [2.45, 2.75) is 84.8 Å². The molecule has 1 spiro atoms. The molecule has 106 valence electrons. The van der Waals surface area contributed by atoms with Gasteiger partial charge in [0.2, 0.25) is 0 Å². The van der Waals surface area contributed by atoms with E-state index in [-0.39, 0.29) is 5.54 Å². The smallest absolute Gasteiger partial charge is 0.0373 e. The van der Waals surface area contributed by atoms with Crippen molar-refractivity contribution in [1.82, 2.24) is 4.90 Å². The molecule has 0 bridgehead atoms. The van der Waals surface area contributed by atoms with Crippen molar-refractivity contribution in [3.8, 4) is 0 Å². The molecule has 1 atom stereocenters. The van der Waals surface area contributed by atoms with E-state index >= 15 is 0 Å². The lowest BCUT2D eigenvalue weighted by atomic mass is 9.56. The van der Waals surface area contributed by atoms with Gasteiger partial charge < -0.3 is 5.73 Å². The zero-order valence-electron chi connectivity index (χ0n) is 13.2. The van der Waals surface area contributed by atoms with Crippen LogP contribution < -0.4 is 5.73 Å². The highest BCUT2D eigenvalue weighted by atomic mass is 15.3. The molecule has 1 heterocycles. The minimum atomic E-state index is 0.249. The minimum Gasteiger partial charge on any atom is -0.326 e. The van der Waals surface area contributed by atoms with Crippen LogP contribution in [0, 0.1) is 10.8 Å². The highest BCUT2D eigenvalue weighted by Crippen LogP contribution is 2.55. The maximum absolute atomic E-state index is 6.57. The van der Waals surface area contributed by atoms with Crippen LogP contribution in [0.15, 0.2) is 0 Å². The van der Waals surface area contributed by atoms with Crippen molar-refractivity contribution in [3.05, 3.63) is 0 Å². The Hall–Kier alpha value is -0.0800. The molecule has 0 radical (unpaired) electrons. The molecule has 0 amide bonds. The van der Waals surface area contributed by atoms with Crippen molar-refractivity contribution in [3.63, 3.8) is 0 Å². The summed E-state index contributed by atoms with van der Waals surface area (Å²) < 4.78 is 0. The molecule has 1 aliphatic carbocycles. The molecule has 1 saturated heterocycles. The first-order chi connectivity index (χ1) is 8.08. The Morgan fingerprint density at radius 3 is 1.94 bits per heavy atom. The van der Waals surface area contributed by atoms with Gasteiger partial charge in [0.25, 0.3) is 0 Å². The normalized spacial score (nSPS) is 34.3. The molecule has 2 rings (SSSR count). The molecular formula is C16H32N2. The van der Waals surface area contributed by atoms with E-state index in [9.17, 15) is 0 Å². The maximum atomic E-state index is 6.57. The molecule has 2 nitrogen and oxygen atoms in total. The summed E-state index contributed by atoms with van der Waals surface area (Å²) in [6, 6.07) is 0.974. The predicted octanol–water partition coefficient (Wildman–Crippen LogP) is 3.40. The third kappa shape index (κ3) is 2.34. The van der Waals surface area contributed by atoms with Crippen molar-refractivity contribution in [1.29, 1.82) is 0 Å². The number of nitrogens with two attached hydrogens (primary N) is 1. The number of hydrogen-bond donors (Lipinski definition) is 1. The van der Waals surface area contributed by atoms with Crippen LogP contribution in [0.1, 0.15) is 67.2 Å². The van der Waals surface area contributed by atoms with Gasteiger partial charge in [-0.25, -0.2) is 0 Å². The van der Waals surface area contributed by atoms with Gasteiger partial charge in [0.1, 0.15) is 0 Å². The minimum absolute atomic E-state index is 0.249. The average molecular weight is 252 g/mol. The lowest BCUT2D eigenvalue weighted by Crippen LogP contribution is -2.62. The average Bonchev–Trinajstić information content (AvgIpc) is 2.37. The molecule has 2 fully saturated rings. The molecule has 1 saturated carbocycles. The highest BCUT2D eigenvalue weighted by molar-refractivity contribution is 5.12. The first-order valence-corrected chi connectivity index (χ1v) is 7.60. The third-order valence-corrected chi connectivity index (χ3v) is 5.09. The van der Waals surface area contributed by atoms with Crippen LogP contribution in [-0.2, 0) is 0 Å².